The van der Waals surface area contributed by atoms with E-state index in [1.54, 1.807) is 6.07 Å². The molecule has 0 bridgehead atoms. The van der Waals surface area contributed by atoms with Gasteiger partial charge in [0.1, 0.15) is 5.82 Å². The zero-order valence-corrected chi connectivity index (χ0v) is 13.1. The minimum Gasteiger partial charge on any atom is -0.207 e. The number of hydrogen-bond donors (Lipinski definition) is 0. The molecule has 0 amide bonds. The molecule has 0 aliphatic carbocycles. The monoisotopic (exact) mass is 262 g/mol. The fourth-order valence-corrected chi connectivity index (χ4v) is 1.14. The first-order valence-corrected chi connectivity index (χ1v) is 6.92. The highest BCUT2D eigenvalue weighted by molar-refractivity contribution is 5.13. The lowest BCUT2D eigenvalue weighted by Gasteiger charge is -1.87. The van der Waals surface area contributed by atoms with E-state index in [2.05, 4.69) is 19.1 Å². The summed E-state index contributed by atoms with van der Waals surface area (Å²) in [5, 5.41) is 0. The van der Waals surface area contributed by atoms with Crippen molar-refractivity contribution < 1.29 is 4.39 Å². The molecule has 0 radical (unpaired) electrons. The Balaban J connectivity index is 0. The van der Waals surface area contributed by atoms with E-state index < -0.39 is 0 Å². The second kappa shape index (κ2) is 14.4. The molecule has 1 heteroatoms. The smallest absolute Gasteiger partial charge is 0.123 e. The molecule has 0 nitrogen and oxygen atoms in total. The van der Waals surface area contributed by atoms with Crippen LogP contribution < -0.4 is 0 Å². The van der Waals surface area contributed by atoms with Crippen molar-refractivity contribution in [2.24, 2.45) is 0 Å². The van der Waals surface area contributed by atoms with Gasteiger partial charge in [0.2, 0.25) is 0 Å². The van der Waals surface area contributed by atoms with Gasteiger partial charge < -0.3 is 0 Å². The minimum absolute atomic E-state index is 0.162. The van der Waals surface area contributed by atoms with Crippen LogP contribution in [0.3, 0.4) is 0 Å². The van der Waals surface area contributed by atoms with Crippen LogP contribution in [0, 0.1) is 19.7 Å². The zero-order valence-electron chi connectivity index (χ0n) is 13.1. The third-order valence-corrected chi connectivity index (χ3v) is 1.92. The topological polar surface area (TPSA) is 0 Å². The highest BCUT2D eigenvalue weighted by atomic mass is 19.1. The highest BCUT2D eigenvalue weighted by Crippen LogP contribution is 1.99. The first-order chi connectivity index (χ1) is 9.18. The van der Waals surface area contributed by atoms with E-state index in [1.165, 1.54) is 17.7 Å². The molecule has 2 aromatic rings. The average molecular weight is 262 g/mol. The van der Waals surface area contributed by atoms with Crippen LogP contribution in [0.4, 0.5) is 4.39 Å². The summed E-state index contributed by atoms with van der Waals surface area (Å²) in [6.07, 6.45) is 0. The Morgan fingerprint density at radius 3 is 1.37 bits per heavy atom. The standard InChI is InChI=1S/C7H7F.C7H8.2C2H6/c1-6-3-2-4-7(8)5-6;1-7-5-3-2-4-6-7;2*1-2/h2-5H,1H3;2-6H,1H3;2*1-2H3. The molecular weight excluding hydrogens is 235 g/mol. The summed E-state index contributed by atoms with van der Waals surface area (Å²) in [5.74, 6) is -0.162. The molecule has 0 unspecified atom stereocenters. The third kappa shape index (κ3) is 12.6. The number of rotatable bonds is 0. The molecule has 19 heavy (non-hydrogen) atoms. The van der Waals surface area contributed by atoms with Gasteiger partial charge in [0.25, 0.3) is 0 Å². The lowest BCUT2D eigenvalue weighted by molar-refractivity contribution is 0.626. The molecule has 0 saturated heterocycles. The van der Waals surface area contributed by atoms with Gasteiger partial charge in [0.05, 0.1) is 0 Å². The Bertz CT molecular complexity index is 376. The van der Waals surface area contributed by atoms with Crippen LogP contribution in [0.2, 0.25) is 0 Å². The quantitative estimate of drug-likeness (QED) is 0.531. The summed E-state index contributed by atoms with van der Waals surface area (Å²) in [4.78, 5) is 0. The van der Waals surface area contributed by atoms with Crippen molar-refractivity contribution >= 4 is 0 Å². The van der Waals surface area contributed by atoms with Crippen molar-refractivity contribution in [1.29, 1.82) is 0 Å². The van der Waals surface area contributed by atoms with Gasteiger partial charge in [0, 0.05) is 0 Å². The first-order valence-electron chi connectivity index (χ1n) is 6.92. The molecule has 106 valence electrons. The molecule has 0 fully saturated rings. The van der Waals surface area contributed by atoms with Crippen LogP contribution in [0.25, 0.3) is 0 Å². The minimum atomic E-state index is -0.162. The number of hydrogen-bond acceptors (Lipinski definition) is 0. The van der Waals surface area contributed by atoms with Crippen molar-refractivity contribution in [2.75, 3.05) is 0 Å². The summed E-state index contributed by atoms with van der Waals surface area (Å²) < 4.78 is 12.2. The van der Waals surface area contributed by atoms with Crippen molar-refractivity contribution in [3.63, 3.8) is 0 Å². The number of halogens is 1. The van der Waals surface area contributed by atoms with E-state index in [-0.39, 0.29) is 5.82 Å². The Hall–Kier alpha value is -1.63. The van der Waals surface area contributed by atoms with Crippen molar-refractivity contribution in [3.05, 3.63) is 71.5 Å². The van der Waals surface area contributed by atoms with Gasteiger partial charge in [-0.2, -0.15) is 0 Å². The molecular formula is C18H27F. The highest BCUT2D eigenvalue weighted by Gasteiger charge is 1.84. The molecule has 0 N–H and O–H groups in total. The average Bonchev–Trinajstić information content (AvgIpc) is 2.44. The van der Waals surface area contributed by atoms with Gasteiger partial charge in [-0.1, -0.05) is 75.7 Å². The summed E-state index contributed by atoms with van der Waals surface area (Å²) in [7, 11) is 0. The van der Waals surface area contributed by atoms with E-state index in [4.69, 9.17) is 0 Å². The predicted molar refractivity (Wildman–Crippen MR) is 85.0 cm³/mol. The van der Waals surface area contributed by atoms with E-state index in [0.29, 0.717) is 0 Å². The summed E-state index contributed by atoms with van der Waals surface area (Å²) in [6.45, 7) is 11.9. The fraction of sp³-hybridized carbons (Fsp3) is 0.333. The van der Waals surface area contributed by atoms with Crippen LogP contribution in [-0.2, 0) is 0 Å². The summed E-state index contributed by atoms with van der Waals surface area (Å²) in [5.41, 5.74) is 2.28. The Morgan fingerprint density at radius 2 is 1.11 bits per heavy atom. The van der Waals surface area contributed by atoms with E-state index in [9.17, 15) is 4.39 Å². The number of aryl methyl sites for hydroxylation is 2. The fourth-order valence-electron chi connectivity index (χ4n) is 1.14. The normalized spacial score (nSPS) is 7.74. The Labute approximate surface area is 118 Å². The van der Waals surface area contributed by atoms with Crippen molar-refractivity contribution in [1.82, 2.24) is 0 Å². The largest absolute Gasteiger partial charge is 0.207 e. The van der Waals surface area contributed by atoms with Gasteiger partial charge in [0.15, 0.2) is 0 Å². The van der Waals surface area contributed by atoms with Crippen LogP contribution >= 0.6 is 0 Å². The molecule has 2 rings (SSSR count). The second-order valence-electron chi connectivity index (χ2n) is 3.45. The van der Waals surface area contributed by atoms with Crippen LogP contribution in [0.1, 0.15) is 38.8 Å². The molecule has 0 aliphatic rings. The van der Waals surface area contributed by atoms with Crippen LogP contribution in [0.15, 0.2) is 54.6 Å². The maximum absolute atomic E-state index is 12.2. The van der Waals surface area contributed by atoms with Gasteiger partial charge in [-0.3, -0.25) is 0 Å². The van der Waals surface area contributed by atoms with Crippen LogP contribution in [0.5, 0.6) is 0 Å². The van der Waals surface area contributed by atoms with E-state index in [1.807, 2.05) is 58.9 Å². The molecule has 0 aromatic heterocycles. The molecule has 0 atom stereocenters. The van der Waals surface area contributed by atoms with Gasteiger partial charge in [-0.25, -0.2) is 4.39 Å². The van der Waals surface area contributed by atoms with E-state index in [0.717, 1.165) is 5.56 Å². The van der Waals surface area contributed by atoms with E-state index >= 15 is 0 Å². The van der Waals surface area contributed by atoms with Crippen molar-refractivity contribution in [3.8, 4) is 0 Å². The van der Waals surface area contributed by atoms with Crippen molar-refractivity contribution in [2.45, 2.75) is 41.5 Å². The molecule has 2 aromatic carbocycles. The maximum Gasteiger partial charge on any atom is 0.123 e. The number of benzene rings is 2. The van der Waals surface area contributed by atoms with Crippen LogP contribution in [-0.4, -0.2) is 0 Å². The Morgan fingerprint density at radius 1 is 0.632 bits per heavy atom. The van der Waals surface area contributed by atoms with Gasteiger partial charge in [-0.15, -0.1) is 0 Å². The maximum atomic E-state index is 12.2. The second-order valence-corrected chi connectivity index (χ2v) is 3.45. The predicted octanol–water partition coefficient (Wildman–Crippen LogP) is 6.18. The lowest BCUT2D eigenvalue weighted by atomic mass is 10.2. The zero-order chi connectivity index (χ0) is 15.1. The molecule has 0 heterocycles. The summed E-state index contributed by atoms with van der Waals surface area (Å²) in [6, 6.07) is 16.8. The van der Waals surface area contributed by atoms with Gasteiger partial charge in [-0.05, 0) is 31.5 Å². The third-order valence-electron chi connectivity index (χ3n) is 1.92. The molecule has 0 aliphatic heterocycles. The SMILES string of the molecule is CC.CC.Cc1cccc(F)c1.Cc1ccccc1. The van der Waals surface area contributed by atoms with Gasteiger partial charge >= 0.3 is 0 Å². The molecule has 0 spiro atoms. The molecule has 0 saturated carbocycles. The first kappa shape index (κ1) is 19.7. The summed E-state index contributed by atoms with van der Waals surface area (Å²) >= 11 is 0. The Kier molecular flexibility index (Phi) is 15.0. The lowest BCUT2D eigenvalue weighted by Crippen LogP contribution is -1.72.